The lowest BCUT2D eigenvalue weighted by Gasteiger charge is -2.05. The van der Waals surface area contributed by atoms with Crippen molar-refractivity contribution < 1.29 is 28.3 Å². The number of fused-ring (bicyclic) bond motifs is 1. The normalized spacial score (nSPS) is 13.8. The minimum atomic E-state index is -0.440. The number of carbonyl (C=O) groups is 2. The SMILES string of the molecule is COc1cc(CCC(=O)Oc2ccc3c(c2)O/C(=C\c2ccccc2)C3=O)on1. The van der Waals surface area contributed by atoms with E-state index >= 15 is 0 Å². The fourth-order valence-corrected chi connectivity index (χ4v) is 2.85. The number of carbonyl (C=O) groups excluding carboxylic acids is 2. The molecule has 0 amide bonds. The van der Waals surface area contributed by atoms with Crippen molar-refractivity contribution in [3.05, 3.63) is 77.2 Å². The number of methoxy groups -OCH3 is 1. The summed E-state index contributed by atoms with van der Waals surface area (Å²) in [6, 6.07) is 15.7. The molecule has 7 nitrogen and oxygen atoms in total. The molecule has 146 valence electrons. The van der Waals surface area contributed by atoms with Gasteiger partial charge >= 0.3 is 5.97 Å². The minimum Gasteiger partial charge on any atom is -0.479 e. The van der Waals surface area contributed by atoms with E-state index in [4.69, 9.17) is 18.7 Å². The summed E-state index contributed by atoms with van der Waals surface area (Å²) in [5, 5.41) is 3.68. The van der Waals surface area contributed by atoms with Gasteiger partial charge in [0.1, 0.15) is 17.3 Å². The van der Waals surface area contributed by atoms with Gasteiger partial charge < -0.3 is 18.7 Å². The predicted octanol–water partition coefficient (Wildman–Crippen LogP) is 3.84. The van der Waals surface area contributed by atoms with Crippen molar-refractivity contribution in [1.82, 2.24) is 5.16 Å². The Kier molecular flexibility index (Phi) is 5.11. The van der Waals surface area contributed by atoms with Crippen LogP contribution >= 0.6 is 0 Å². The molecule has 2 aromatic carbocycles. The predicted molar refractivity (Wildman–Crippen MR) is 103 cm³/mol. The van der Waals surface area contributed by atoms with Gasteiger partial charge in [0.15, 0.2) is 5.76 Å². The third-order valence-corrected chi connectivity index (χ3v) is 4.29. The first-order valence-corrected chi connectivity index (χ1v) is 8.96. The molecule has 0 unspecified atom stereocenters. The summed E-state index contributed by atoms with van der Waals surface area (Å²) in [5.41, 5.74) is 1.29. The summed E-state index contributed by atoms with van der Waals surface area (Å²) in [6.07, 6.45) is 2.12. The van der Waals surface area contributed by atoms with Crippen molar-refractivity contribution in [2.75, 3.05) is 7.11 Å². The number of nitrogens with zero attached hydrogens (tertiary/aromatic N) is 1. The Labute approximate surface area is 166 Å². The van der Waals surface area contributed by atoms with Crippen molar-refractivity contribution in [3.8, 4) is 17.4 Å². The molecule has 4 rings (SSSR count). The number of aromatic nitrogens is 1. The van der Waals surface area contributed by atoms with Gasteiger partial charge in [0.2, 0.25) is 5.78 Å². The van der Waals surface area contributed by atoms with Gasteiger partial charge in [0.05, 0.1) is 19.1 Å². The smallest absolute Gasteiger partial charge is 0.311 e. The zero-order valence-corrected chi connectivity index (χ0v) is 15.6. The molecule has 0 aliphatic carbocycles. The van der Waals surface area contributed by atoms with Crippen molar-refractivity contribution in [1.29, 1.82) is 0 Å². The second-order valence-electron chi connectivity index (χ2n) is 6.32. The monoisotopic (exact) mass is 391 g/mol. The molecule has 0 N–H and O–H groups in total. The van der Waals surface area contributed by atoms with Crippen LogP contribution in [-0.4, -0.2) is 24.0 Å². The second-order valence-corrected chi connectivity index (χ2v) is 6.32. The number of allylic oxidation sites excluding steroid dienone is 1. The Morgan fingerprint density at radius 1 is 1.14 bits per heavy atom. The number of hydrogen-bond acceptors (Lipinski definition) is 7. The number of rotatable bonds is 6. The Bertz CT molecular complexity index is 1080. The van der Waals surface area contributed by atoms with Gasteiger partial charge in [-0.25, -0.2) is 0 Å². The molecule has 0 saturated carbocycles. The van der Waals surface area contributed by atoms with Gasteiger partial charge in [-0.2, -0.15) is 0 Å². The molecule has 1 aliphatic rings. The number of ketones is 1. The van der Waals surface area contributed by atoms with Gasteiger partial charge in [0, 0.05) is 18.6 Å². The topological polar surface area (TPSA) is 87.9 Å². The zero-order valence-electron chi connectivity index (χ0n) is 15.6. The molecule has 0 spiro atoms. The lowest BCUT2D eigenvalue weighted by Crippen LogP contribution is -2.08. The molecule has 0 fully saturated rings. The van der Waals surface area contributed by atoms with Crippen LogP contribution < -0.4 is 14.2 Å². The maximum Gasteiger partial charge on any atom is 0.311 e. The highest BCUT2D eigenvalue weighted by Gasteiger charge is 2.28. The molecule has 0 bridgehead atoms. The molecule has 0 radical (unpaired) electrons. The van der Waals surface area contributed by atoms with Gasteiger partial charge in [-0.05, 0) is 28.9 Å². The van der Waals surface area contributed by atoms with Crippen LogP contribution in [0.25, 0.3) is 6.08 Å². The number of benzene rings is 2. The van der Waals surface area contributed by atoms with Crippen LogP contribution in [0.2, 0.25) is 0 Å². The summed E-state index contributed by atoms with van der Waals surface area (Å²) < 4.78 is 21.0. The van der Waals surface area contributed by atoms with E-state index in [0.717, 1.165) is 5.56 Å². The number of aryl methyl sites for hydroxylation is 1. The third-order valence-electron chi connectivity index (χ3n) is 4.29. The first-order chi connectivity index (χ1) is 14.1. The Hall–Kier alpha value is -3.87. The summed E-state index contributed by atoms with van der Waals surface area (Å²) in [4.78, 5) is 24.6. The fourth-order valence-electron chi connectivity index (χ4n) is 2.85. The van der Waals surface area contributed by atoms with Gasteiger partial charge in [-0.15, -0.1) is 0 Å². The van der Waals surface area contributed by atoms with Crippen LogP contribution in [0.5, 0.6) is 17.4 Å². The molecular formula is C22H17NO6. The molecular weight excluding hydrogens is 374 g/mol. The van der Waals surface area contributed by atoms with Crippen molar-refractivity contribution >= 4 is 17.8 Å². The van der Waals surface area contributed by atoms with E-state index in [0.29, 0.717) is 35.1 Å². The number of esters is 1. The largest absolute Gasteiger partial charge is 0.479 e. The quantitative estimate of drug-likeness (QED) is 0.358. The highest BCUT2D eigenvalue weighted by atomic mass is 16.5. The molecule has 1 aliphatic heterocycles. The summed E-state index contributed by atoms with van der Waals surface area (Å²) in [5.74, 6) is 1.13. The third kappa shape index (κ3) is 4.19. The highest BCUT2D eigenvalue weighted by molar-refractivity contribution is 6.14. The van der Waals surface area contributed by atoms with Gasteiger partial charge in [0.25, 0.3) is 5.88 Å². The molecule has 1 aromatic heterocycles. The number of ether oxygens (including phenoxy) is 3. The Morgan fingerprint density at radius 3 is 2.72 bits per heavy atom. The maximum atomic E-state index is 12.5. The lowest BCUT2D eigenvalue weighted by molar-refractivity contribution is -0.134. The fraction of sp³-hybridized carbons (Fsp3) is 0.136. The van der Waals surface area contributed by atoms with Crippen LogP contribution in [0.15, 0.2) is 64.9 Å². The zero-order chi connectivity index (χ0) is 20.2. The summed E-state index contributed by atoms with van der Waals surface area (Å²) >= 11 is 0. The molecule has 0 atom stereocenters. The van der Waals surface area contributed by atoms with Crippen LogP contribution in [0.4, 0.5) is 0 Å². The Balaban J connectivity index is 1.40. The summed E-state index contributed by atoms with van der Waals surface area (Å²) in [6.45, 7) is 0. The van der Waals surface area contributed by atoms with Crippen LogP contribution in [0, 0.1) is 0 Å². The van der Waals surface area contributed by atoms with E-state index in [1.54, 1.807) is 24.3 Å². The Morgan fingerprint density at radius 2 is 1.97 bits per heavy atom. The standard InChI is InChI=1S/C22H17NO6/c1-26-20-13-16(29-23-20)8-10-21(24)27-15-7-9-17-18(12-15)28-19(22(17)25)11-14-5-3-2-4-6-14/h2-7,9,11-13H,8,10H2,1H3/b19-11-. The van der Waals surface area contributed by atoms with Crippen LogP contribution in [-0.2, 0) is 11.2 Å². The lowest BCUT2D eigenvalue weighted by atomic mass is 10.1. The van der Waals surface area contributed by atoms with Crippen LogP contribution in [0.3, 0.4) is 0 Å². The molecule has 3 aromatic rings. The average Bonchev–Trinajstić information content (AvgIpc) is 3.32. The number of hydrogen-bond donors (Lipinski definition) is 0. The first kappa shape index (κ1) is 18.5. The molecule has 29 heavy (non-hydrogen) atoms. The van der Waals surface area contributed by atoms with E-state index in [9.17, 15) is 9.59 Å². The van der Waals surface area contributed by atoms with Gasteiger partial charge in [-0.3, -0.25) is 9.59 Å². The van der Waals surface area contributed by atoms with Crippen molar-refractivity contribution in [2.24, 2.45) is 0 Å². The first-order valence-electron chi connectivity index (χ1n) is 8.96. The average molecular weight is 391 g/mol. The summed E-state index contributed by atoms with van der Waals surface area (Å²) in [7, 11) is 1.48. The van der Waals surface area contributed by atoms with E-state index in [-0.39, 0.29) is 18.0 Å². The van der Waals surface area contributed by atoms with Gasteiger partial charge in [-0.1, -0.05) is 30.3 Å². The van der Waals surface area contributed by atoms with Crippen molar-refractivity contribution in [2.45, 2.75) is 12.8 Å². The van der Waals surface area contributed by atoms with E-state index < -0.39 is 5.97 Å². The highest BCUT2D eigenvalue weighted by Crippen LogP contribution is 2.35. The van der Waals surface area contributed by atoms with E-state index in [2.05, 4.69) is 5.16 Å². The molecule has 7 heteroatoms. The number of Topliss-reactive ketones (excluding diaryl/α,β-unsaturated/α-hetero) is 1. The second kappa shape index (κ2) is 8.02. The van der Waals surface area contributed by atoms with E-state index in [1.165, 1.54) is 13.2 Å². The van der Waals surface area contributed by atoms with Crippen molar-refractivity contribution in [3.63, 3.8) is 0 Å². The molecule has 2 heterocycles. The van der Waals surface area contributed by atoms with E-state index in [1.807, 2.05) is 30.3 Å². The minimum absolute atomic E-state index is 0.106. The van der Waals surface area contributed by atoms with Crippen LogP contribution in [0.1, 0.15) is 28.1 Å². The molecule has 0 saturated heterocycles. The maximum absolute atomic E-state index is 12.5.